The van der Waals surface area contributed by atoms with Crippen LogP contribution in [0.4, 0.5) is 0 Å². The van der Waals surface area contributed by atoms with Gasteiger partial charge in [0.05, 0.1) is 0 Å². The molecule has 0 N–H and O–H groups in total. The minimum absolute atomic E-state index is 0.0334. The Labute approximate surface area is 103 Å². The van der Waals surface area contributed by atoms with E-state index in [4.69, 9.17) is 6.42 Å². The van der Waals surface area contributed by atoms with Gasteiger partial charge in [0.2, 0.25) is 0 Å². The quantitative estimate of drug-likeness (QED) is 0.453. The van der Waals surface area contributed by atoms with Crippen LogP contribution >= 0.6 is 0 Å². The molecule has 0 amide bonds. The van der Waals surface area contributed by atoms with Gasteiger partial charge in [-0.15, -0.1) is 6.42 Å². The van der Waals surface area contributed by atoms with Crippen molar-refractivity contribution >= 4 is 5.78 Å². The number of carbonyl (C=O) groups is 1. The zero-order chi connectivity index (χ0) is 12.3. The predicted molar refractivity (Wildman–Crippen MR) is 67.5 cm³/mol. The fourth-order valence-electron chi connectivity index (χ4n) is 2.74. The molecule has 0 radical (unpaired) electrons. The van der Waals surface area contributed by atoms with E-state index in [0.717, 1.165) is 19.3 Å². The number of terminal acetylenes is 1. The third-order valence-electron chi connectivity index (χ3n) is 3.58. The molecule has 1 saturated carbocycles. The molecule has 0 spiro atoms. The van der Waals surface area contributed by atoms with E-state index in [-0.39, 0.29) is 17.8 Å². The lowest BCUT2D eigenvalue weighted by molar-refractivity contribution is -0.129. The van der Waals surface area contributed by atoms with Gasteiger partial charge in [-0.1, -0.05) is 24.0 Å². The SMILES string of the molecule is C#CC#CC#CC1C=C(C)C2CCCC1C2=O. The van der Waals surface area contributed by atoms with Gasteiger partial charge in [-0.2, -0.15) is 0 Å². The topological polar surface area (TPSA) is 17.1 Å². The van der Waals surface area contributed by atoms with Crippen molar-refractivity contribution in [2.45, 2.75) is 26.2 Å². The van der Waals surface area contributed by atoms with Gasteiger partial charge in [-0.25, -0.2) is 0 Å². The summed E-state index contributed by atoms with van der Waals surface area (Å²) in [7, 11) is 0. The largest absolute Gasteiger partial charge is 0.299 e. The predicted octanol–water partition coefficient (Wildman–Crippen LogP) is 2.19. The van der Waals surface area contributed by atoms with E-state index in [1.54, 1.807) is 0 Å². The molecule has 1 fully saturated rings. The molecular weight excluding hydrogens is 208 g/mol. The van der Waals surface area contributed by atoms with Crippen molar-refractivity contribution in [2.75, 3.05) is 0 Å². The van der Waals surface area contributed by atoms with Crippen LogP contribution in [0.5, 0.6) is 0 Å². The van der Waals surface area contributed by atoms with Gasteiger partial charge in [0.15, 0.2) is 0 Å². The Bertz CT molecular complexity index is 522. The summed E-state index contributed by atoms with van der Waals surface area (Å²) in [5.41, 5.74) is 1.18. The summed E-state index contributed by atoms with van der Waals surface area (Å²) in [6, 6.07) is 0. The number of carbonyl (C=O) groups excluding carboxylic acids is 1. The molecule has 1 nitrogen and oxygen atoms in total. The van der Waals surface area contributed by atoms with E-state index in [1.165, 1.54) is 5.57 Å². The highest BCUT2D eigenvalue weighted by Crippen LogP contribution is 2.39. The fraction of sp³-hybridized carbons (Fsp3) is 0.438. The Kier molecular flexibility index (Phi) is 3.37. The Morgan fingerprint density at radius 2 is 2.12 bits per heavy atom. The summed E-state index contributed by atoms with van der Waals surface area (Å²) in [5.74, 6) is 13.7. The minimum atomic E-state index is 0.0334. The molecule has 17 heavy (non-hydrogen) atoms. The maximum Gasteiger partial charge on any atom is 0.144 e. The second-order valence-electron chi connectivity index (χ2n) is 4.59. The van der Waals surface area contributed by atoms with Crippen molar-refractivity contribution in [3.63, 3.8) is 0 Å². The van der Waals surface area contributed by atoms with Crippen LogP contribution in [0.3, 0.4) is 0 Å². The van der Waals surface area contributed by atoms with Crippen molar-refractivity contribution in [1.29, 1.82) is 0 Å². The lowest BCUT2D eigenvalue weighted by Crippen LogP contribution is -2.36. The zero-order valence-electron chi connectivity index (χ0n) is 9.92. The maximum atomic E-state index is 12.1. The highest BCUT2D eigenvalue weighted by Gasteiger charge is 2.39. The lowest BCUT2D eigenvalue weighted by atomic mass is 9.67. The van der Waals surface area contributed by atoms with Crippen molar-refractivity contribution in [3.05, 3.63) is 11.6 Å². The van der Waals surface area contributed by atoms with Crippen LogP contribution in [0.1, 0.15) is 26.2 Å². The number of allylic oxidation sites excluding steroid dienone is 2. The zero-order valence-corrected chi connectivity index (χ0v) is 9.92. The van der Waals surface area contributed by atoms with Crippen molar-refractivity contribution in [1.82, 2.24) is 0 Å². The highest BCUT2D eigenvalue weighted by molar-refractivity contribution is 5.88. The van der Waals surface area contributed by atoms with Crippen molar-refractivity contribution < 1.29 is 4.79 Å². The smallest absolute Gasteiger partial charge is 0.144 e. The molecule has 3 unspecified atom stereocenters. The van der Waals surface area contributed by atoms with Gasteiger partial charge in [0.25, 0.3) is 0 Å². The first kappa shape index (κ1) is 11.6. The summed E-state index contributed by atoms with van der Waals surface area (Å²) in [6.45, 7) is 2.03. The van der Waals surface area contributed by atoms with Crippen LogP contribution in [-0.2, 0) is 4.79 Å². The molecular formula is C16H14O. The Balaban J connectivity index is 2.25. The summed E-state index contributed by atoms with van der Waals surface area (Å²) < 4.78 is 0. The van der Waals surface area contributed by atoms with Crippen LogP contribution < -0.4 is 0 Å². The van der Waals surface area contributed by atoms with Crippen LogP contribution in [0.2, 0.25) is 0 Å². The first-order chi connectivity index (χ1) is 8.24. The van der Waals surface area contributed by atoms with E-state index >= 15 is 0 Å². The van der Waals surface area contributed by atoms with E-state index in [9.17, 15) is 4.79 Å². The standard InChI is InChI=1S/C16H14O/c1-3-4-5-6-8-13-11-12(2)14-9-7-10-15(13)16(14)17/h1,11,13-15H,7,9-10H2,2H3. The number of hydrogen-bond acceptors (Lipinski definition) is 1. The average molecular weight is 222 g/mol. The van der Waals surface area contributed by atoms with E-state index in [1.807, 2.05) is 6.92 Å². The van der Waals surface area contributed by atoms with Crippen molar-refractivity contribution in [3.8, 4) is 36.0 Å². The van der Waals surface area contributed by atoms with Gasteiger partial charge >= 0.3 is 0 Å². The molecule has 2 aliphatic carbocycles. The molecule has 0 saturated heterocycles. The third-order valence-corrected chi connectivity index (χ3v) is 3.58. The van der Waals surface area contributed by atoms with Gasteiger partial charge in [-0.3, -0.25) is 4.79 Å². The second-order valence-corrected chi connectivity index (χ2v) is 4.59. The maximum absolute atomic E-state index is 12.1. The Morgan fingerprint density at radius 3 is 2.88 bits per heavy atom. The average Bonchev–Trinajstić information content (AvgIpc) is 2.31. The van der Waals surface area contributed by atoms with Crippen LogP contribution in [0, 0.1) is 53.8 Å². The molecule has 0 heterocycles. The van der Waals surface area contributed by atoms with Gasteiger partial charge in [0.1, 0.15) is 5.78 Å². The summed E-state index contributed by atoms with van der Waals surface area (Å²) in [6.07, 6.45) is 10.2. The lowest BCUT2D eigenvalue weighted by Gasteiger charge is -2.35. The van der Waals surface area contributed by atoms with Crippen molar-refractivity contribution in [2.24, 2.45) is 17.8 Å². The fourth-order valence-corrected chi connectivity index (χ4v) is 2.74. The van der Waals surface area contributed by atoms with Gasteiger partial charge in [0, 0.05) is 17.8 Å². The molecule has 3 atom stereocenters. The second kappa shape index (κ2) is 4.95. The van der Waals surface area contributed by atoms with E-state index in [2.05, 4.69) is 35.7 Å². The Hall–Kier alpha value is -1.91. The van der Waals surface area contributed by atoms with E-state index in [0.29, 0.717) is 5.78 Å². The number of rotatable bonds is 0. The number of hydrogen-bond donors (Lipinski definition) is 0. The molecule has 2 rings (SSSR count). The highest BCUT2D eigenvalue weighted by atomic mass is 16.1. The Morgan fingerprint density at radius 1 is 1.29 bits per heavy atom. The monoisotopic (exact) mass is 222 g/mol. The molecule has 0 aromatic carbocycles. The van der Waals surface area contributed by atoms with Crippen LogP contribution in [0.15, 0.2) is 11.6 Å². The molecule has 2 bridgehead atoms. The number of Topliss-reactive ketones (excluding diaryl/α,β-unsaturated/α-hetero) is 1. The first-order valence-corrected chi connectivity index (χ1v) is 5.92. The van der Waals surface area contributed by atoms with E-state index < -0.39 is 0 Å². The molecule has 84 valence electrons. The molecule has 2 aliphatic rings. The number of ketones is 1. The van der Waals surface area contributed by atoms with Crippen LogP contribution in [0.25, 0.3) is 0 Å². The third kappa shape index (κ3) is 2.27. The van der Waals surface area contributed by atoms with Crippen LogP contribution in [-0.4, -0.2) is 5.78 Å². The molecule has 0 aromatic heterocycles. The van der Waals surface area contributed by atoms with Gasteiger partial charge in [-0.05, 0) is 43.4 Å². The summed E-state index contributed by atoms with van der Waals surface area (Å²) in [4.78, 5) is 12.1. The summed E-state index contributed by atoms with van der Waals surface area (Å²) in [5, 5.41) is 0. The minimum Gasteiger partial charge on any atom is -0.299 e. The molecule has 1 heteroatoms. The molecule has 0 aliphatic heterocycles. The van der Waals surface area contributed by atoms with Gasteiger partial charge < -0.3 is 0 Å². The summed E-state index contributed by atoms with van der Waals surface area (Å²) >= 11 is 0. The normalized spacial score (nSPS) is 30.0. The first-order valence-electron chi connectivity index (χ1n) is 5.92. The number of fused-ring (bicyclic) bond motifs is 2. The molecule has 0 aromatic rings.